The number of likely N-dealkylation sites (N-methyl/N-ethyl adjacent to an activating group) is 1. The lowest BCUT2D eigenvalue weighted by atomic mass is 9.75. The van der Waals surface area contributed by atoms with E-state index in [2.05, 4.69) is 28.7 Å². The number of nitrogens with zero attached hydrogens (tertiary/aromatic N) is 2. The van der Waals surface area contributed by atoms with Crippen LogP contribution >= 0.6 is 0 Å². The Hall–Kier alpha value is -1.65. The minimum Gasteiger partial charge on any atom is -0.350 e. The second-order valence-corrected chi connectivity index (χ2v) is 7.28. The fraction of sp³-hybridized carbons (Fsp3) is 0.550. The van der Waals surface area contributed by atoms with Crippen molar-refractivity contribution in [3.8, 4) is 0 Å². The van der Waals surface area contributed by atoms with Crippen molar-refractivity contribution in [2.45, 2.75) is 18.9 Å². The molecule has 3 aliphatic heterocycles. The van der Waals surface area contributed by atoms with Crippen LogP contribution in [0.1, 0.15) is 23.2 Å². The van der Waals surface area contributed by atoms with Crippen molar-refractivity contribution < 1.29 is 4.79 Å². The van der Waals surface area contributed by atoms with Gasteiger partial charge in [0.15, 0.2) is 0 Å². The topological polar surface area (TPSA) is 35.6 Å². The highest BCUT2D eigenvalue weighted by atomic mass is 16.1. The molecule has 2 bridgehead atoms. The highest BCUT2D eigenvalue weighted by Gasteiger charge is 2.40. The molecule has 1 amide bonds. The van der Waals surface area contributed by atoms with Gasteiger partial charge in [-0.2, -0.15) is 0 Å². The van der Waals surface area contributed by atoms with Crippen molar-refractivity contribution in [2.24, 2.45) is 11.8 Å². The van der Waals surface area contributed by atoms with Crippen molar-refractivity contribution in [1.29, 1.82) is 0 Å². The van der Waals surface area contributed by atoms with Gasteiger partial charge in [-0.15, -0.1) is 6.58 Å². The van der Waals surface area contributed by atoms with Gasteiger partial charge in [0.2, 0.25) is 0 Å². The maximum absolute atomic E-state index is 12.2. The molecule has 0 aromatic heterocycles. The number of amides is 1. The van der Waals surface area contributed by atoms with Crippen LogP contribution in [-0.4, -0.2) is 61.5 Å². The monoisotopic (exact) mass is 327 g/mol. The SMILES string of the molecule is C=CCN(C)C[C@@H]1CN2CC[C@H]1C[C@@H]2CNC(=O)c1ccccc1. The summed E-state index contributed by atoms with van der Waals surface area (Å²) < 4.78 is 0. The molecule has 3 aliphatic rings. The van der Waals surface area contributed by atoms with Gasteiger partial charge in [-0.05, 0) is 50.4 Å². The summed E-state index contributed by atoms with van der Waals surface area (Å²) in [6.45, 7) is 9.04. The fourth-order valence-electron chi connectivity index (χ4n) is 4.27. The number of benzene rings is 1. The zero-order valence-electron chi connectivity index (χ0n) is 14.7. The largest absolute Gasteiger partial charge is 0.350 e. The molecule has 0 aliphatic carbocycles. The zero-order valence-corrected chi connectivity index (χ0v) is 14.7. The average Bonchev–Trinajstić information content (AvgIpc) is 2.61. The molecule has 0 saturated carbocycles. The van der Waals surface area contributed by atoms with Crippen LogP contribution in [0.4, 0.5) is 0 Å². The molecule has 4 nitrogen and oxygen atoms in total. The molecule has 0 radical (unpaired) electrons. The first-order valence-electron chi connectivity index (χ1n) is 9.04. The number of fused-ring (bicyclic) bond motifs is 3. The van der Waals surface area contributed by atoms with Crippen molar-refractivity contribution in [2.75, 3.05) is 39.8 Å². The maximum Gasteiger partial charge on any atom is 0.251 e. The van der Waals surface area contributed by atoms with Crippen LogP contribution in [0, 0.1) is 11.8 Å². The van der Waals surface area contributed by atoms with Gasteiger partial charge in [0.05, 0.1) is 0 Å². The number of carbonyl (C=O) groups excluding carboxylic acids is 1. The van der Waals surface area contributed by atoms with Crippen molar-refractivity contribution in [3.05, 3.63) is 48.6 Å². The molecule has 3 heterocycles. The summed E-state index contributed by atoms with van der Waals surface area (Å²) in [6, 6.07) is 9.99. The second kappa shape index (κ2) is 7.95. The summed E-state index contributed by atoms with van der Waals surface area (Å²) in [5.41, 5.74) is 0.748. The summed E-state index contributed by atoms with van der Waals surface area (Å²) in [7, 11) is 2.18. The Bertz CT molecular complexity index is 559. The average molecular weight is 327 g/mol. The summed E-state index contributed by atoms with van der Waals surface area (Å²) in [4.78, 5) is 17.2. The third-order valence-corrected chi connectivity index (χ3v) is 5.54. The highest BCUT2D eigenvalue weighted by Crippen LogP contribution is 2.36. The molecule has 4 rings (SSSR count). The van der Waals surface area contributed by atoms with E-state index in [0.717, 1.165) is 43.6 Å². The Morgan fingerprint density at radius 2 is 2.21 bits per heavy atom. The molecule has 1 aromatic rings. The summed E-state index contributed by atoms with van der Waals surface area (Å²) in [5.74, 6) is 1.59. The summed E-state index contributed by atoms with van der Waals surface area (Å²) >= 11 is 0. The quantitative estimate of drug-likeness (QED) is 0.780. The Balaban J connectivity index is 1.50. The highest BCUT2D eigenvalue weighted by molar-refractivity contribution is 5.94. The predicted molar refractivity (Wildman–Crippen MR) is 98.0 cm³/mol. The van der Waals surface area contributed by atoms with Crippen LogP contribution in [0.25, 0.3) is 0 Å². The minimum atomic E-state index is 0.0421. The number of nitrogens with one attached hydrogen (secondary N) is 1. The van der Waals surface area contributed by atoms with Crippen molar-refractivity contribution >= 4 is 5.91 Å². The molecular formula is C20H29N3O. The van der Waals surface area contributed by atoms with Crippen LogP contribution in [-0.2, 0) is 0 Å². The van der Waals surface area contributed by atoms with E-state index in [1.165, 1.54) is 19.4 Å². The van der Waals surface area contributed by atoms with Crippen LogP contribution < -0.4 is 5.32 Å². The molecule has 130 valence electrons. The lowest BCUT2D eigenvalue weighted by Gasteiger charge is -2.50. The van der Waals surface area contributed by atoms with E-state index in [4.69, 9.17) is 0 Å². The lowest BCUT2D eigenvalue weighted by molar-refractivity contribution is -0.00778. The lowest BCUT2D eigenvalue weighted by Crippen LogP contribution is -2.58. The van der Waals surface area contributed by atoms with Crippen molar-refractivity contribution in [3.63, 3.8) is 0 Å². The van der Waals surface area contributed by atoms with Gasteiger partial charge in [0.25, 0.3) is 5.91 Å². The van der Waals surface area contributed by atoms with Crippen LogP contribution in [0.3, 0.4) is 0 Å². The summed E-state index contributed by atoms with van der Waals surface area (Å²) in [6.07, 6.45) is 4.49. The van der Waals surface area contributed by atoms with E-state index in [1.54, 1.807) is 0 Å². The van der Waals surface area contributed by atoms with Crippen molar-refractivity contribution in [1.82, 2.24) is 15.1 Å². The molecule has 1 unspecified atom stereocenters. The minimum absolute atomic E-state index is 0.0421. The second-order valence-electron chi connectivity index (χ2n) is 7.28. The fourth-order valence-corrected chi connectivity index (χ4v) is 4.27. The molecular weight excluding hydrogens is 298 g/mol. The third-order valence-electron chi connectivity index (χ3n) is 5.54. The number of hydrogen-bond acceptors (Lipinski definition) is 3. The predicted octanol–water partition coefficient (Wildman–Crippen LogP) is 2.24. The third kappa shape index (κ3) is 4.05. The van der Waals surface area contributed by atoms with E-state index in [9.17, 15) is 4.79 Å². The molecule has 4 heteroatoms. The molecule has 4 atom stereocenters. The summed E-state index contributed by atoms with van der Waals surface area (Å²) in [5, 5.41) is 3.13. The molecule has 1 aromatic carbocycles. The number of hydrogen-bond donors (Lipinski definition) is 1. The van der Waals surface area contributed by atoms with E-state index < -0.39 is 0 Å². The van der Waals surface area contributed by atoms with Crippen LogP contribution in [0.5, 0.6) is 0 Å². The van der Waals surface area contributed by atoms with E-state index in [0.29, 0.717) is 6.04 Å². The molecule has 24 heavy (non-hydrogen) atoms. The normalized spacial score (nSPS) is 28.8. The first kappa shape index (κ1) is 17.2. The first-order valence-corrected chi connectivity index (χ1v) is 9.04. The van der Waals surface area contributed by atoms with Gasteiger partial charge < -0.3 is 10.2 Å². The molecule has 3 saturated heterocycles. The van der Waals surface area contributed by atoms with E-state index >= 15 is 0 Å². The van der Waals surface area contributed by atoms with Gasteiger partial charge in [0.1, 0.15) is 0 Å². The molecule has 1 N–H and O–H groups in total. The van der Waals surface area contributed by atoms with Gasteiger partial charge in [-0.3, -0.25) is 9.69 Å². The standard InChI is InChI=1S/C20H29N3O/c1-3-10-22(2)14-18-15-23-11-9-17(18)12-19(23)13-21-20(24)16-7-5-4-6-8-16/h3-8,17-19H,1,9-15H2,2H3,(H,21,24)/t17-,18+,19+/m0/s1. The smallest absolute Gasteiger partial charge is 0.251 e. The van der Waals surface area contributed by atoms with Crippen LogP contribution in [0.2, 0.25) is 0 Å². The Labute approximate surface area is 145 Å². The maximum atomic E-state index is 12.2. The van der Waals surface area contributed by atoms with E-state index in [1.807, 2.05) is 36.4 Å². The number of rotatable bonds is 7. The Kier molecular flexibility index (Phi) is 5.69. The first-order chi connectivity index (χ1) is 11.7. The Morgan fingerprint density at radius 3 is 2.88 bits per heavy atom. The van der Waals surface area contributed by atoms with Gasteiger partial charge >= 0.3 is 0 Å². The molecule has 3 fully saturated rings. The zero-order chi connectivity index (χ0) is 16.9. The van der Waals surface area contributed by atoms with Gasteiger partial charge in [-0.1, -0.05) is 24.3 Å². The van der Waals surface area contributed by atoms with Gasteiger partial charge in [0, 0.05) is 37.8 Å². The number of piperidine rings is 3. The van der Waals surface area contributed by atoms with Gasteiger partial charge in [-0.25, -0.2) is 0 Å². The Morgan fingerprint density at radius 1 is 1.42 bits per heavy atom. The van der Waals surface area contributed by atoms with Crippen LogP contribution in [0.15, 0.2) is 43.0 Å². The number of carbonyl (C=O) groups is 1. The van der Waals surface area contributed by atoms with E-state index in [-0.39, 0.29) is 5.91 Å². The molecule has 0 spiro atoms.